The number of aliphatic hydroxyl groups is 4. The minimum Gasteiger partial charge on any atom is -0.466 e. The van der Waals surface area contributed by atoms with E-state index in [4.69, 9.17) is 37.9 Å². The predicted octanol–water partition coefficient (Wildman–Crippen LogP) is 3.73. The average molecular weight is 861 g/mol. The van der Waals surface area contributed by atoms with Gasteiger partial charge in [-0.25, -0.2) is 14.4 Å². The first-order valence-electron chi connectivity index (χ1n) is 21.1. The number of methoxy groups -OCH3 is 2. The van der Waals surface area contributed by atoms with E-state index in [0.717, 1.165) is 12.8 Å². The van der Waals surface area contributed by atoms with Crippen LogP contribution in [0.2, 0.25) is 0 Å². The Kier molecular flexibility index (Phi) is 15.6. The Balaban J connectivity index is 1.63. The van der Waals surface area contributed by atoms with E-state index in [9.17, 15) is 39.6 Å². The van der Waals surface area contributed by atoms with Gasteiger partial charge in [-0.15, -0.1) is 0 Å². The zero-order chi connectivity index (χ0) is 44.9. The van der Waals surface area contributed by atoms with E-state index >= 15 is 0 Å². The van der Waals surface area contributed by atoms with Crippen LogP contribution >= 0.6 is 0 Å². The number of aliphatic hydroxyl groups excluding tert-OH is 3. The standard InChI is InChI=1S/C45H64O16/c1-9-10-11-12-13-14-36(49)59-41-32-23-39(52)58-40(32)34-24-33(26(2)46)57-38(51)21-28(47)20-30-22-35(48)43(5,6)44(53,60-30)25-31-18-27(19-37(50)54-7)17-29(56-31)15-16-42(3,4)45(41,55-8)61-34/h11-16,19,23,26,28-31,33-35,40-41,46-48,53H,9-10,17-18,20-22,24-25H2,1-8H3/b12-11+,14-13+,16-15-,27-19+/t26-,28-,29+,30+,31+,33-,34-,35+,40+,41+,44+,45-/m1/s1. The molecule has 0 radical (unpaired) electrons. The lowest BCUT2D eigenvalue weighted by molar-refractivity contribution is -0.349. The van der Waals surface area contributed by atoms with Crippen molar-refractivity contribution in [3.05, 3.63) is 59.8 Å². The third-order valence-corrected chi connectivity index (χ3v) is 12.5. The van der Waals surface area contributed by atoms with Crippen molar-refractivity contribution in [1.29, 1.82) is 0 Å². The first kappa shape index (κ1) is 48.3. The molecule has 0 saturated carbocycles. The number of carbonyl (C=O) groups is 4. The molecule has 0 aromatic rings. The summed E-state index contributed by atoms with van der Waals surface area (Å²) in [6, 6.07) is 0. The van der Waals surface area contributed by atoms with Crippen LogP contribution in [0, 0.1) is 10.8 Å². The molecule has 16 heteroatoms. The molecule has 61 heavy (non-hydrogen) atoms. The second-order valence-corrected chi connectivity index (χ2v) is 17.8. The number of carbonyl (C=O) groups excluding carboxylic acids is 4. The maximum atomic E-state index is 13.5. The van der Waals surface area contributed by atoms with Crippen molar-refractivity contribution in [2.75, 3.05) is 14.2 Å². The molecule has 5 aliphatic heterocycles. The first-order chi connectivity index (χ1) is 28.7. The van der Waals surface area contributed by atoms with E-state index in [2.05, 4.69) is 0 Å². The molecule has 0 aromatic carbocycles. The zero-order valence-corrected chi connectivity index (χ0v) is 36.4. The largest absolute Gasteiger partial charge is 0.466 e. The van der Waals surface area contributed by atoms with Gasteiger partial charge in [-0.05, 0) is 26.2 Å². The van der Waals surface area contributed by atoms with Crippen LogP contribution in [0.3, 0.4) is 0 Å². The third-order valence-electron chi connectivity index (χ3n) is 12.5. The first-order valence-corrected chi connectivity index (χ1v) is 21.1. The Morgan fingerprint density at radius 2 is 1.70 bits per heavy atom. The lowest BCUT2D eigenvalue weighted by Gasteiger charge is -2.54. The Morgan fingerprint density at radius 3 is 2.38 bits per heavy atom. The molecule has 6 bridgehead atoms. The fourth-order valence-corrected chi connectivity index (χ4v) is 8.82. The Morgan fingerprint density at radius 1 is 0.967 bits per heavy atom. The van der Waals surface area contributed by atoms with Gasteiger partial charge in [0.05, 0.1) is 50.2 Å². The normalized spacial score (nSPS) is 38.5. The Hall–Kier alpha value is -3.74. The quantitative estimate of drug-likeness (QED) is 0.0898. The predicted molar refractivity (Wildman–Crippen MR) is 217 cm³/mol. The second-order valence-electron chi connectivity index (χ2n) is 17.8. The third kappa shape index (κ3) is 10.9. The Bertz CT molecular complexity index is 1760. The van der Waals surface area contributed by atoms with E-state index in [1.54, 1.807) is 45.9 Å². The number of fused-ring (bicyclic) bond motifs is 8. The van der Waals surface area contributed by atoms with Gasteiger partial charge in [-0.1, -0.05) is 77.0 Å². The number of allylic oxidation sites excluding steroid dienone is 3. The molecule has 16 nitrogen and oxygen atoms in total. The number of unbranched alkanes of at least 4 members (excludes halogenated alkanes) is 1. The summed E-state index contributed by atoms with van der Waals surface area (Å²) < 4.78 is 48.5. The van der Waals surface area contributed by atoms with E-state index < -0.39 is 114 Å². The summed E-state index contributed by atoms with van der Waals surface area (Å²) in [6.45, 7) is 10.3. The molecule has 0 aliphatic carbocycles. The molecule has 3 fully saturated rings. The van der Waals surface area contributed by atoms with Crippen molar-refractivity contribution in [2.24, 2.45) is 10.8 Å². The minimum absolute atomic E-state index is 0.0516. The van der Waals surface area contributed by atoms with Crippen molar-refractivity contribution in [3.63, 3.8) is 0 Å². The van der Waals surface area contributed by atoms with Crippen molar-refractivity contribution in [2.45, 2.75) is 172 Å². The molecule has 3 saturated heterocycles. The van der Waals surface area contributed by atoms with Gasteiger partial charge in [-0.3, -0.25) is 4.79 Å². The van der Waals surface area contributed by atoms with Crippen LogP contribution in [0.5, 0.6) is 0 Å². The highest BCUT2D eigenvalue weighted by Gasteiger charge is 2.64. The van der Waals surface area contributed by atoms with E-state index in [1.807, 2.05) is 13.0 Å². The lowest BCUT2D eigenvalue weighted by atomic mass is 9.70. The van der Waals surface area contributed by atoms with Gasteiger partial charge >= 0.3 is 23.9 Å². The SMILES string of the molecule is CCC/C=C/C=C/C(=O)O[C@H]1C2=CC(=O)O[C@@H]2[C@H]2C[C@H]([C@@H](C)O)OC(=O)C[C@H](O)C[C@H]3C[C@H](O)C(C)(C)[C@](O)(C[C@@H]4C/C(=C/C(=O)OC)C[C@H](/C=C\C(C)(C)[C@]1(OC)O2)O4)O3. The second kappa shape index (κ2) is 19.8. The molecule has 5 aliphatic rings. The molecule has 0 spiro atoms. The fraction of sp³-hybridized carbons (Fsp3) is 0.689. The molecular weight excluding hydrogens is 796 g/mol. The van der Waals surface area contributed by atoms with Gasteiger partial charge < -0.3 is 58.3 Å². The lowest BCUT2D eigenvalue weighted by Crippen LogP contribution is -2.66. The molecule has 4 N–H and O–H groups in total. The molecule has 12 atom stereocenters. The number of ether oxygens (including phenoxy) is 8. The van der Waals surface area contributed by atoms with Gasteiger partial charge in [0, 0.05) is 67.4 Å². The van der Waals surface area contributed by atoms with Crippen LogP contribution in [0.4, 0.5) is 0 Å². The van der Waals surface area contributed by atoms with E-state index in [1.165, 1.54) is 45.4 Å². The van der Waals surface area contributed by atoms with Gasteiger partial charge in [0.15, 0.2) is 18.0 Å². The number of cyclic esters (lactones) is 1. The summed E-state index contributed by atoms with van der Waals surface area (Å²) in [6.07, 6.45) is 2.73. The van der Waals surface area contributed by atoms with E-state index in [-0.39, 0.29) is 44.1 Å². The monoisotopic (exact) mass is 860 g/mol. The average Bonchev–Trinajstić information content (AvgIpc) is 3.57. The number of rotatable bonds is 8. The maximum absolute atomic E-state index is 13.5. The van der Waals surface area contributed by atoms with Crippen molar-refractivity contribution in [3.8, 4) is 0 Å². The molecule has 0 amide bonds. The minimum atomic E-state index is -1.99. The molecule has 5 heterocycles. The van der Waals surface area contributed by atoms with Crippen LogP contribution in [0.25, 0.3) is 0 Å². The van der Waals surface area contributed by atoms with Crippen LogP contribution in [-0.4, -0.2) is 131 Å². The highest BCUT2D eigenvalue weighted by Crippen LogP contribution is 2.52. The molecule has 0 unspecified atom stereocenters. The summed E-state index contributed by atoms with van der Waals surface area (Å²) in [5, 5.41) is 45.6. The fourth-order valence-electron chi connectivity index (χ4n) is 8.82. The zero-order valence-electron chi connectivity index (χ0n) is 36.4. The highest BCUT2D eigenvalue weighted by atomic mass is 16.7. The molecule has 5 rings (SSSR count). The number of esters is 4. The van der Waals surface area contributed by atoms with Gasteiger partial charge in [0.25, 0.3) is 0 Å². The van der Waals surface area contributed by atoms with Crippen LogP contribution in [0.1, 0.15) is 99.3 Å². The smallest absolute Gasteiger partial charge is 0.331 e. The summed E-state index contributed by atoms with van der Waals surface area (Å²) in [5.41, 5.74) is -1.60. The van der Waals surface area contributed by atoms with Crippen LogP contribution in [0.15, 0.2) is 59.8 Å². The van der Waals surface area contributed by atoms with Gasteiger partial charge in [0.1, 0.15) is 12.2 Å². The van der Waals surface area contributed by atoms with Crippen molar-refractivity contribution < 1.29 is 77.5 Å². The van der Waals surface area contributed by atoms with Crippen molar-refractivity contribution >= 4 is 23.9 Å². The van der Waals surface area contributed by atoms with E-state index in [0.29, 0.717) is 5.57 Å². The maximum Gasteiger partial charge on any atom is 0.331 e. The summed E-state index contributed by atoms with van der Waals surface area (Å²) in [5.74, 6) is -6.85. The Labute approximate surface area is 357 Å². The number of hydrogen-bond donors (Lipinski definition) is 4. The molecular formula is C45H64O16. The van der Waals surface area contributed by atoms with Gasteiger partial charge in [-0.2, -0.15) is 0 Å². The summed E-state index contributed by atoms with van der Waals surface area (Å²) in [4.78, 5) is 52.5. The summed E-state index contributed by atoms with van der Waals surface area (Å²) >= 11 is 0. The van der Waals surface area contributed by atoms with Crippen LogP contribution < -0.4 is 0 Å². The highest BCUT2D eigenvalue weighted by molar-refractivity contribution is 5.87. The molecule has 0 aromatic heterocycles. The molecule has 340 valence electrons. The number of hydrogen-bond acceptors (Lipinski definition) is 16. The van der Waals surface area contributed by atoms with Gasteiger partial charge in [0.2, 0.25) is 5.79 Å². The summed E-state index contributed by atoms with van der Waals surface area (Å²) in [7, 11) is 2.63. The van der Waals surface area contributed by atoms with Crippen molar-refractivity contribution in [1.82, 2.24) is 0 Å². The van der Waals surface area contributed by atoms with Crippen LogP contribution in [-0.2, 0) is 57.1 Å². The topological polar surface area (TPSA) is 223 Å².